The molecule has 1 N–H and O–H groups in total. The summed E-state index contributed by atoms with van der Waals surface area (Å²) in [4.78, 5) is 0. The first kappa shape index (κ1) is 9.02. The topological polar surface area (TPSA) is 59.2 Å². The van der Waals surface area contributed by atoms with Crippen molar-refractivity contribution in [2.45, 2.75) is 42.8 Å². The van der Waals surface area contributed by atoms with Gasteiger partial charge in [-0.2, -0.15) is 0 Å². The van der Waals surface area contributed by atoms with E-state index in [9.17, 15) is 5.11 Å². The first-order chi connectivity index (χ1) is 6.25. The first-order valence-electron chi connectivity index (χ1n) is 4.40. The molecule has 2 rings (SSSR count). The maximum atomic E-state index is 9.55. The standard InChI is InChI=1S/C8H12N2O2S/c1-5-9-10-8(12-5)13-7-4-2-3-6(7)11/h6-7,11H,2-4H2,1H3. The molecule has 2 unspecified atom stereocenters. The van der Waals surface area contributed by atoms with Gasteiger partial charge < -0.3 is 9.52 Å². The Hall–Kier alpha value is -0.550. The van der Waals surface area contributed by atoms with Crippen LogP contribution >= 0.6 is 11.8 Å². The van der Waals surface area contributed by atoms with Gasteiger partial charge in [0, 0.05) is 12.2 Å². The quantitative estimate of drug-likeness (QED) is 0.781. The molecule has 1 saturated carbocycles. The zero-order valence-electron chi connectivity index (χ0n) is 7.43. The van der Waals surface area contributed by atoms with E-state index in [-0.39, 0.29) is 11.4 Å². The van der Waals surface area contributed by atoms with E-state index in [1.807, 2.05) is 0 Å². The second-order valence-corrected chi connectivity index (χ2v) is 4.43. The van der Waals surface area contributed by atoms with E-state index < -0.39 is 0 Å². The van der Waals surface area contributed by atoms with E-state index in [4.69, 9.17) is 4.42 Å². The lowest BCUT2D eigenvalue weighted by Crippen LogP contribution is -2.14. The fourth-order valence-corrected chi connectivity index (χ4v) is 2.59. The number of aromatic nitrogens is 2. The number of aliphatic hydroxyl groups is 1. The fraction of sp³-hybridized carbons (Fsp3) is 0.750. The van der Waals surface area contributed by atoms with E-state index in [1.54, 1.807) is 6.92 Å². The van der Waals surface area contributed by atoms with Crippen molar-refractivity contribution < 1.29 is 9.52 Å². The number of rotatable bonds is 2. The molecular weight excluding hydrogens is 188 g/mol. The Kier molecular flexibility index (Phi) is 2.55. The molecule has 4 nitrogen and oxygen atoms in total. The molecule has 0 aromatic carbocycles. The largest absolute Gasteiger partial charge is 0.416 e. The maximum Gasteiger partial charge on any atom is 0.276 e. The van der Waals surface area contributed by atoms with Crippen molar-refractivity contribution in [1.29, 1.82) is 0 Å². The highest BCUT2D eigenvalue weighted by molar-refractivity contribution is 7.99. The molecule has 1 aromatic heterocycles. The zero-order chi connectivity index (χ0) is 9.26. The summed E-state index contributed by atoms with van der Waals surface area (Å²) >= 11 is 1.49. The van der Waals surface area contributed by atoms with Crippen LogP contribution in [0, 0.1) is 6.92 Å². The van der Waals surface area contributed by atoms with Crippen LogP contribution in [-0.2, 0) is 0 Å². The smallest absolute Gasteiger partial charge is 0.276 e. The number of aliphatic hydroxyl groups excluding tert-OH is 1. The molecule has 1 heterocycles. The second-order valence-electron chi connectivity index (χ2n) is 3.24. The second kappa shape index (κ2) is 3.67. The zero-order valence-corrected chi connectivity index (χ0v) is 8.25. The molecule has 0 saturated heterocycles. The van der Waals surface area contributed by atoms with Crippen molar-refractivity contribution in [3.63, 3.8) is 0 Å². The van der Waals surface area contributed by atoms with E-state index in [0.29, 0.717) is 11.1 Å². The van der Waals surface area contributed by atoms with E-state index in [0.717, 1.165) is 19.3 Å². The first-order valence-corrected chi connectivity index (χ1v) is 5.28. The molecule has 5 heteroatoms. The molecule has 0 spiro atoms. The lowest BCUT2D eigenvalue weighted by molar-refractivity contribution is 0.187. The van der Waals surface area contributed by atoms with Crippen LogP contribution < -0.4 is 0 Å². The summed E-state index contributed by atoms with van der Waals surface area (Å²) in [6.45, 7) is 1.77. The average molecular weight is 200 g/mol. The van der Waals surface area contributed by atoms with Crippen molar-refractivity contribution in [3.05, 3.63) is 5.89 Å². The van der Waals surface area contributed by atoms with Crippen molar-refractivity contribution in [1.82, 2.24) is 10.2 Å². The van der Waals surface area contributed by atoms with Gasteiger partial charge in [0.25, 0.3) is 5.22 Å². The van der Waals surface area contributed by atoms with E-state index in [1.165, 1.54) is 11.8 Å². The molecular formula is C8H12N2O2S. The summed E-state index contributed by atoms with van der Waals surface area (Å²) in [5.74, 6) is 0.579. The van der Waals surface area contributed by atoms with Gasteiger partial charge in [-0.15, -0.1) is 10.2 Å². The summed E-state index contributed by atoms with van der Waals surface area (Å²) < 4.78 is 5.22. The Morgan fingerprint density at radius 1 is 1.46 bits per heavy atom. The van der Waals surface area contributed by atoms with Gasteiger partial charge >= 0.3 is 0 Å². The van der Waals surface area contributed by atoms with Gasteiger partial charge in [-0.25, -0.2) is 0 Å². The Labute approximate surface area is 80.7 Å². The third-order valence-corrected chi connectivity index (χ3v) is 3.40. The van der Waals surface area contributed by atoms with Crippen LogP contribution in [0.1, 0.15) is 25.2 Å². The number of aryl methyl sites for hydroxylation is 1. The summed E-state index contributed by atoms with van der Waals surface area (Å²) in [7, 11) is 0. The predicted octanol–water partition coefficient (Wildman–Crippen LogP) is 1.38. The summed E-state index contributed by atoms with van der Waals surface area (Å²) in [6, 6.07) is 0. The Morgan fingerprint density at radius 3 is 2.85 bits per heavy atom. The van der Waals surface area contributed by atoms with Crippen LogP contribution in [-0.4, -0.2) is 26.7 Å². The molecule has 1 aliphatic rings. The van der Waals surface area contributed by atoms with E-state index >= 15 is 0 Å². The van der Waals surface area contributed by atoms with Crippen molar-refractivity contribution in [2.24, 2.45) is 0 Å². The molecule has 0 amide bonds. The van der Waals surface area contributed by atoms with Crippen molar-refractivity contribution >= 4 is 11.8 Å². The number of thioether (sulfide) groups is 1. The monoisotopic (exact) mass is 200 g/mol. The van der Waals surface area contributed by atoms with Gasteiger partial charge in [0.05, 0.1) is 6.10 Å². The minimum atomic E-state index is -0.211. The van der Waals surface area contributed by atoms with Crippen LogP contribution in [0.3, 0.4) is 0 Å². The molecule has 13 heavy (non-hydrogen) atoms. The highest BCUT2D eigenvalue weighted by atomic mass is 32.2. The average Bonchev–Trinajstić information content (AvgIpc) is 2.64. The van der Waals surface area contributed by atoms with Gasteiger partial charge in [0.15, 0.2) is 0 Å². The third kappa shape index (κ3) is 2.03. The molecule has 0 radical (unpaired) electrons. The van der Waals surface area contributed by atoms with Crippen LogP contribution in [0.15, 0.2) is 9.64 Å². The molecule has 0 aliphatic heterocycles. The Morgan fingerprint density at radius 2 is 2.31 bits per heavy atom. The van der Waals surface area contributed by atoms with Gasteiger partial charge in [-0.3, -0.25) is 0 Å². The van der Waals surface area contributed by atoms with Gasteiger partial charge in [-0.1, -0.05) is 11.8 Å². The Bertz CT molecular complexity index is 289. The minimum absolute atomic E-state index is 0.211. The van der Waals surface area contributed by atoms with Crippen LogP contribution in [0.4, 0.5) is 0 Å². The summed E-state index contributed by atoms with van der Waals surface area (Å²) in [5.41, 5.74) is 0. The highest BCUT2D eigenvalue weighted by Gasteiger charge is 2.27. The van der Waals surface area contributed by atoms with Crippen molar-refractivity contribution in [3.8, 4) is 0 Å². The van der Waals surface area contributed by atoms with Crippen LogP contribution in [0.2, 0.25) is 0 Å². The SMILES string of the molecule is Cc1nnc(SC2CCCC2O)o1. The van der Waals surface area contributed by atoms with Gasteiger partial charge in [-0.05, 0) is 19.3 Å². The maximum absolute atomic E-state index is 9.55. The minimum Gasteiger partial charge on any atom is -0.416 e. The predicted molar refractivity (Wildman–Crippen MR) is 48.5 cm³/mol. The number of hydrogen-bond acceptors (Lipinski definition) is 5. The summed E-state index contributed by atoms with van der Waals surface area (Å²) in [6.07, 6.45) is 2.81. The van der Waals surface area contributed by atoms with Crippen LogP contribution in [0.25, 0.3) is 0 Å². The highest BCUT2D eigenvalue weighted by Crippen LogP contribution is 2.34. The lowest BCUT2D eigenvalue weighted by Gasteiger charge is -2.09. The lowest BCUT2D eigenvalue weighted by atomic mass is 10.3. The molecule has 0 bridgehead atoms. The summed E-state index contributed by atoms with van der Waals surface area (Å²) in [5, 5.41) is 18.0. The van der Waals surface area contributed by atoms with Gasteiger partial charge in [0.1, 0.15) is 0 Å². The van der Waals surface area contributed by atoms with Crippen molar-refractivity contribution in [2.75, 3.05) is 0 Å². The molecule has 72 valence electrons. The normalized spacial score (nSPS) is 28.2. The fourth-order valence-electron chi connectivity index (χ4n) is 1.50. The Balaban J connectivity index is 1.97. The third-order valence-electron chi connectivity index (χ3n) is 2.18. The van der Waals surface area contributed by atoms with E-state index in [2.05, 4.69) is 10.2 Å². The number of nitrogens with zero attached hydrogens (tertiary/aromatic N) is 2. The molecule has 1 fully saturated rings. The van der Waals surface area contributed by atoms with Crippen LogP contribution in [0.5, 0.6) is 0 Å². The molecule has 1 aromatic rings. The molecule has 1 aliphatic carbocycles. The van der Waals surface area contributed by atoms with Gasteiger partial charge in [0.2, 0.25) is 5.89 Å². The number of hydrogen-bond donors (Lipinski definition) is 1. The molecule has 2 atom stereocenters.